The van der Waals surface area contributed by atoms with Crippen LogP contribution in [0.1, 0.15) is 36.2 Å². The van der Waals surface area contributed by atoms with Crippen LogP contribution < -0.4 is 0 Å². The van der Waals surface area contributed by atoms with Gasteiger partial charge in [0.1, 0.15) is 54.4 Å². The predicted octanol–water partition coefficient (Wildman–Crippen LogP) is -1.12. The Hall–Kier alpha value is -2.89. The van der Waals surface area contributed by atoms with Gasteiger partial charge in [-0.05, 0) is 19.8 Å². The Morgan fingerprint density at radius 2 is 1.29 bits per heavy atom. The Kier molecular flexibility index (Phi) is 9.59. The van der Waals surface area contributed by atoms with E-state index < -0.39 is 80.8 Å². The number of benzene rings is 1. The molecule has 2 saturated heterocycles. The molecule has 6 N–H and O–H groups in total. The fourth-order valence-corrected chi connectivity index (χ4v) is 5.70. The van der Waals surface area contributed by atoms with Crippen molar-refractivity contribution in [3.8, 4) is 11.3 Å². The lowest BCUT2D eigenvalue weighted by Gasteiger charge is -2.46. The van der Waals surface area contributed by atoms with Crippen molar-refractivity contribution < 1.29 is 44.5 Å². The molecule has 2 aromatic heterocycles. The second-order valence-corrected chi connectivity index (χ2v) is 10.9. The maximum atomic E-state index is 12.6. The van der Waals surface area contributed by atoms with E-state index >= 15 is 0 Å². The molecule has 0 bridgehead atoms. The fourth-order valence-electron chi connectivity index (χ4n) is 5.70. The molecule has 230 valence electrons. The van der Waals surface area contributed by atoms with Crippen molar-refractivity contribution in [3.05, 3.63) is 47.9 Å². The van der Waals surface area contributed by atoms with E-state index in [-0.39, 0.29) is 12.8 Å². The van der Waals surface area contributed by atoms with Crippen molar-refractivity contribution in [3.63, 3.8) is 0 Å². The summed E-state index contributed by atoms with van der Waals surface area (Å²) in [6, 6.07) is 5.47. The van der Waals surface area contributed by atoms with Crippen LogP contribution in [0.2, 0.25) is 0 Å². The molecule has 5 rings (SSSR count). The summed E-state index contributed by atoms with van der Waals surface area (Å²) in [6.45, 7) is 0.303. The summed E-state index contributed by atoms with van der Waals surface area (Å²) in [5, 5.41) is 80.7. The van der Waals surface area contributed by atoms with E-state index in [1.165, 1.54) is 15.6 Å². The normalized spacial score (nSPS) is 33.6. The lowest BCUT2D eigenvalue weighted by Crippen LogP contribution is -2.60. The van der Waals surface area contributed by atoms with Crippen molar-refractivity contribution in [2.45, 2.75) is 87.1 Å². The van der Waals surface area contributed by atoms with Gasteiger partial charge in [-0.3, -0.25) is 4.39 Å². The topological polar surface area (TPSA) is 201 Å². The molecule has 0 radical (unpaired) electrons. The molecule has 0 saturated carbocycles. The molecule has 2 fully saturated rings. The predicted molar refractivity (Wildman–Crippen MR) is 143 cm³/mol. The third-order valence-corrected chi connectivity index (χ3v) is 8.04. The molecule has 42 heavy (non-hydrogen) atoms. The first kappa shape index (κ1) is 30.6. The number of aryl methyl sites for hydroxylation is 2. The quantitative estimate of drug-likeness (QED) is 0.166. The standard InChI is InChI=1S/C27H37FN6O8/c1-14-4-6-15(7-5-14)17-11-34(32-30-17)23-25(38)19(42-21(13-36)27(23)40)9-18-24(37)22(26(39)20(12-35)41-18)33-10-16(29-31-33)3-2-8-28/h4-7,10-11,18-27,35-40H,2-3,8-9,12-13H2,1H3/t18-,19+,20+,21-,22+,23-,24+,25-,26-,27+/m0/s1/i28-1. The summed E-state index contributed by atoms with van der Waals surface area (Å²) in [5.41, 5.74) is 2.85. The zero-order chi connectivity index (χ0) is 30.0. The van der Waals surface area contributed by atoms with Gasteiger partial charge in [0.25, 0.3) is 0 Å². The van der Waals surface area contributed by atoms with Gasteiger partial charge < -0.3 is 40.1 Å². The van der Waals surface area contributed by atoms with E-state index in [0.29, 0.717) is 17.8 Å². The Bertz CT molecular complexity index is 1290. The molecule has 0 spiro atoms. The van der Waals surface area contributed by atoms with Crippen LogP contribution in [0.15, 0.2) is 36.7 Å². The fraction of sp³-hybridized carbons (Fsp3) is 0.630. The van der Waals surface area contributed by atoms with Crippen LogP contribution in [0, 0.1) is 6.92 Å². The lowest BCUT2D eigenvalue weighted by molar-refractivity contribution is -0.242. The number of aliphatic hydroxyl groups is 6. The molecule has 0 aliphatic carbocycles. The van der Waals surface area contributed by atoms with Crippen LogP contribution in [0.25, 0.3) is 11.3 Å². The van der Waals surface area contributed by atoms with Crippen molar-refractivity contribution in [2.75, 3.05) is 19.9 Å². The average Bonchev–Trinajstić information content (AvgIpc) is 3.66. The zero-order valence-electron chi connectivity index (χ0n) is 23.0. The molecule has 0 amide bonds. The monoisotopic (exact) mass is 591 g/mol. The van der Waals surface area contributed by atoms with E-state index in [0.717, 1.165) is 11.1 Å². The van der Waals surface area contributed by atoms with E-state index in [1.807, 2.05) is 31.2 Å². The Labute approximate surface area is 240 Å². The molecule has 2 aliphatic heterocycles. The van der Waals surface area contributed by atoms with Crippen molar-refractivity contribution in [1.82, 2.24) is 30.0 Å². The molecule has 14 nitrogen and oxygen atoms in total. The van der Waals surface area contributed by atoms with Crippen molar-refractivity contribution in [2.24, 2.45) is 0 Å². The van der Waals surface area contributed by atoms with Gasteiger partial charge in [-0.25, -0.2) is 9.36 Å². The average molecular weight is 592 g/mol. The van der Waals surface area contributed by atoms with Crippen LogP contribution in [-0.4, -0.2) is 129 Å². The largest absolute Gasteiger partial charge is 0.394 e. The number of ether oxygens (including phenoxy) is 2. The van der Waals surface area contributed by atoms with Crippen LogP contribution in [0.5, 0.6) is 0 Å². The van der Waals surface area contributed by atoms with E-state index in [4.69, 9.17) is 9.47 Å². The first-order chi connectivity index (χ1) is 20.2. The van der Waals surface area contributed by atoms with E-state index in [1.54, 1.807) is 6.20 Å². The van der Waals surface area contributed by atoms with Crippen LogP contribution in [-0.2, 0) is 15.9 Å². The Balaban J connectivity index is 1.37. The minimum absolute atomic E-state index is 0.134. The summed E-state index contributed by atoms with van der Waals surface area (Å²) in [5.74, 6) is 0. The third-order valence-electron chi connectivity index (χ3n) is 8.04. The van der Waals surface area contributed by atoms with Gasteiger partial charge in [0.15, 0.2) is 0 Å². The first-order valence-electron chi connectivity index (χ1n) is 14.0. The highest BCUT2D eigenvalue weighted by Crippen LogP contribution is 2.37. The van der Waals surface area contributed by atoms with Gasteiger partial charge in [-0.15, -0.1) is 10.2 Å². The Morgan fingerprint density at radius 1 is 0.762 bits per heavy atom. The second kappa shape index (κ2) is 13.2. The van der Waals surface area contributed by atoms with Crippen molar-refractivity contribution in [1.29, 1.82) is 0 Å². The van der Waals surface area contributed by atoms with E-state index in [9.17, 15) is 35.0 Å². The summed E-state index contributed by atoms with van der Waals surface area (Å²) in [4.78, 5) is 0. The van der Waals surface area contributed by atoms with Gasteiger partial charge in [-0.2, -0.15) is 0 Å². The highest BCUT2D eigenvalue weighted by molar-refractivity contribution is 5.57. The number of alkyl halides is 1. The number of hydrogen-bond donors (Lipinski definition) is 6. The number of aliphatic hydroxyl groups excluding tert-OH is 6. The number of aromatic nitrogens is 6. The lowest BCUT2D eigenvalue weighted by atomic mass is 9.85. The summed E-state index contributed by atoms with van der Waals surface area (Å²) < 4.78 is 26.9. The third kappa shape index (κ3) is 6.09. The van der Waals surface area contributed by atoms with Crippen LogP contribution in [0.3, 0.4) is 0 Å². The van der Waals surface area contributed by atoms with Crippen LogP contribution in [0.4, 0.5) is 4.39 Å². The zero-order valence-corrected chi connectivity index (χ0v) is 23.0. The maximum absolute atomic E-state index is 12.6. The minimum atomic E-state index is -1.38. The van der Waals surface area contributed by atoms with Gasteiger partial charge >= 0.3 is 0 Å². The maximum Gasteiger partial charge on any atom is 0.113 e. The SMILES string of the molecule is Cc1ccc(-c2cn([C@H]3[C@@H](O)[C@@H](C[C@@H]4O[C@H](CO)[C@H](O)[C@H](n5cc(CCC[18F])nn5)[C@@H]4O)O[C@@H](CO)[C@H]3O)nn2)cc1. The number of nitrogens with zero attached hydrogens (tertiary/aromatic N) is 6. The summed E-state index contributed by atoms with van der Waals surface area (Å²) in [7, 11) is 0. The molecule has 4 heterocycles. The van der Waals surface area contributed by atoms with Crippen LogP contribution >= 0.6 is 0 Å². The highest BCUT2D eigenvalue weighted by atomic mass is 18.2. The molecule has 1 aromatic carbocycles. The second-order valence-electron chi connectivity index (χ2n) is 10.9. The van der Waals surface area contributed by atoms with Gasteiger partial charge in [0, 0.05) is 18.2 Å². The summed E-state index contributed by atoms with van der Waals surface area (Å²) in [6.07, 6.45) is -6.27. The molecule has 3 aromatic rings. The molecule has 10 atom stereocenters. The molecule has 15 heteroatoms. The summed E-state index contributed by atoms with van der Waals surface area (Å²) >= 11 is 0. The molecular weight excluding hydrogens is 554 g/mol. The Morgan fingerprint density at radius 3 is 1.83 bits per heavy atom. The molecular formula is C27H37FN6O8. The number of halogens is 1. The smallest absolute Gasteiger partial charge is 0.113 e. The number of hydrogen-bond acceptors (Lipinski definition) is 12. The first-order valence-corrected chi connectivity index (χ1v) is 14.0. The number of rotatable bonds is 10. The van der Waals surface area contributed by atoms with Gasteiger partial charge in [-0.1, -0.05) is 40.3 Å². The van der Waals surface area contributed by atoms with Gasteiger partial charge in [0.05, 0.1) is 44.0 Å². The highest BCUT2D eigenvalue weighted by Gasteiger charge is 2.51. The van der Waals surface area contributed by atoms with Crippen molar-refractivity contribution >= 4 is 0 Å². The molecule has 0 unspecified atom stereocenters. The van der Waals surface area contributed by atoms with E-state index in [2.05, 4.69) is 20.6 Å². The molecule has 2 aliphatic rings. The van der Waals surface area contributed by atoms with Gasteiger partial charge in [0.2, 0.25) is 0 Å². The minimum Gasteiger partial charge on any atom is -0.394 e.